The van der Waals surface area contributed by atoms with Gasteiger partial charge in [-0.25, -0.2) is 4.98 Å². The highest BCUT2D eigenvalue weighted by Crippen LogP contribution is 2.29. The van der Waals surface area contributed by atoms with Gasteiger partial charge in [0.2, 0.25) is 0 Å². The number of aromatic amines is 1. The van der Waals surface area contributed by atoms with Gasteiger partial charge in [0.25, 0.3) is 0 Å². The van der Waals surface area contributed by atoms with E-state index in [1.165, 1.54) is 11.3 Å². The molecular formula is C14H21N5O. The lowest BCUT2D eigenvalue weighted by atomic mass is 9.93. The molecule has 0 bridgehead atoms. The molecule has 1 unspecified atom stereocenters. The summed E-state index contributed by atoms with van der Waals surface area (Å²) in [6.07, 6.45) is 7.16. The summed E-state index contributed by atoms with van der Waals surface area (Å²) < 4.78 is 1.93. The van der Waals surface area contributed by atoms with Crippen molar-refractivity contribution >= 4 is 0 Å². The van der Waals surface area contributed by atoms with Gasteiger partial charge in [-0.1, -0.05) is 0 Å². The molecule has 1 aliphatic rings. The molecule has 0 aliphatic heterocycles. The molecule has 0 saturated heterocycles. The lowest BCUT2D eigenvalue weighted by Crippen LogP contribution is -2.25. The fourth-order valence-electron chi connectivity index (χ4n) is 2.91. The van der Waals surface area contributed by atoms with Crippen LogP contribution in [0.4, 0.5) is 0 Å². The summed E-state index contributed by atoms with van der Waals surface area (Å²) in [5.41, 5.74) is 3.65. The molecule has 3 rings (SSSR count). The highest BCUT2D eigenvalue weighted by Gasteiger charge is 2.23. The van der Waals surface area contributed by atoms with Crippen molar-refractivity contribution in [1.82, 2.24) is 25.1 Å². The summed E-state index contributed by atoms with van der Waals surface area (Å²) in [6.45, 7) is 3.47. The van der Waals surface area contributed by atoms with E-state index in [9.17, 15) is 0 Å². The zero-order chi connectivity index (χ0) is 13.9. The Balaban J connectivity index is 1.70. The van der Waals surface area contributed by atoms with E-state index < -0.39 is 0 Å². The van der Waals surface area contributed by atoms with E-state index in [0.717, 1.165) is 37.3 Å². The third-order valence-corrected chi connectivity index (χ3v) is 3.87. The van der Waals surface area contributed by atoms with E-state index in [1.54, 1.807) is 0 Å². The van der Waals surface area contributed by atoms with Crippen LogP contribution in [0.1, 0.15) is 41.7 Å². The van der Waals surface area contributed by atoms with E-state index in [1.807, 2.05) is 24.0 Å². The van der Waals surface area contributed by atoms with Crippen molar-refractivity contribution in [2.45, 2.75) is 45.3 Å². The summed E-state index contributed by atoms with van der Waals surface area (Å²) in [6, 6.07) is 0.342. The van der Waals surface area contributed by atoms with Crippen LogP contribution >= 0.6 is 0 Å². The van der Waals surface area contributed by atoms with Crippen LogP contribution < -0.4 is 5.32 Å². The van der Waals surface area contributed by atoms with Crippen LogP contribution in [0.15, 0.2) is 12.4 Å². The minimum absolute atomic E-state index is 0.139. The van der Waals surface area contributed by atoms with Crippen LogP contribution in [0.25, 0.3) is 0 Å². The van der Waals surface area contributed by atoms with Gasteiger partial charge in [0.05, 0.1) is 19.3 Å². The number of aliphatic hydroxyl groups is 1. The fraction of sp³-hybridized carbons (Fsp3) is 0.571. The van der Waals surface area contributed by atoms with E-state index in [-0.39, 0.29) is 6.61 Å². The molecular weight excluding hydrogens is 254 g/mol. The predicted molar refractivity (Wildman–Crippen MR) is 75.2 cm³/mol. The second kappa shape index (κ2) is 5.76. The molecule has 0 fully saturated rings. The highest BCUT2D eigenvalue weighted by atomic mass is 16.3. The van der Waals surface area contributed by atoms with Crippen LogP contribution in [0.2, 0.25) is 0 Å². The number of aryl methyl sites for hydroxylation is 1. The Morgan fingerprint density at radius 2 is 2.40 bits per heavy atom. The molecule has 6 heteroatoms. The number of H-pyrrole nitrogens is 1. The zero-order valence-corrected chi connectivity index (χ0v) is 11.8. The maximum Gasteiger partial charge on any atom is 0.103 e. The number of hydrogen-bond acceptors (Lipinski definition) is 4. The highest BCUT2D eigenvalue weighted by molar-refractivity contribution is 5.25. The molecule has 2 aromatic rings. The first-order valence-corrected chi connectivity index (χ1v) is 7.17. The molecule has 1 atom stereocenters. The smallest absolute Gasteiger partial charge is 0.103 e. The first-order valence-electron chi connectivity index (χ1n) is 7.17. The predicted octanol–water partition coefficient (Wildman–Crippen LogP) is 1.07. The molecule has 108 valence electrons. The summed E-state index contributed by atoms with van der Waals surface area (Å²) in [7, 11) is 0. The molecule has 1 aliphatic carbocycles. The Morgan fingerprint density at radius 1 is 1.50 bits per heavy atom. The molecule has 2 aromatic heterocycles. The fourth-order valence-corrected chi connectivity index (χ4v) is 2.91. The number of nitrogens with one attached hydrogen (secondary N) is 2. The van der Waals surface area contributed by atoms with Crippen LogP contribution in [0.5, 0.6) is 0 Å². The number of aliphatic hydroxyl groups excluding tert-OH is 1. The van der Waals surface area contributed by atoms with Gasteiger partial charge in [0.1, 0.15) is 5.82 Å². The van der Waals surface area contributed by atoms with Gasteiger partial charge in [0.15, 0.2) is 0 Å². The summed E-state index contributed by atoms with van der Waals surface area (Å²) in [5.74, 6) is 0.946. The van der Waals surface area contributed by atoms with E-state index in [4.69, 9.17) is 5.11 Å². The van der Waals surface area contributed by atoms with E-state index in [2.05, 4.69) is 20.4 Å². The summed E-state index contributed by atoms with van der Waals surface area (Å²) >= 11 is 0. The van der Waals surface area contributed by atoms with Gasteiger partial charge < -0.3 is 15.4 Å². The minimum atomic E-state index is 0.139. The van der Waals surface area contributed by atoms with E-state index in [0.29, 0.717) is 12.6 Å². The molecule has 0 radical (unpaired) electrons. The van der Waals surface area contributed by atoms with Crippen molar-refractivity contribution in [3.05, 3.63) is 35.2 Å². The molecule has 0 amide bonds. The molecule has 0 saturated carbocycles. The lowest BCUT2D eigenvalue weighted by Gasteiger charge is -2.24. The van der Waals surface area contributed by atoms with Crippen LogP contribution in [-0.4, -0.2) is 31.5 Å². The SMILES string of the molecule is Cc1ncc(CNC2CCCc3c2cnn3CCO)[nH]1. The maximum atomic E-state index is 9.07. The summed E-state index contributed by atoms with van der Waals surface area (Å²) in [4.78, 5) is 7.45. The zero-order valence-electron chi connectivity index (χ0n) is 11.8. The van der Waals surface area contributed by atoms with Crippen molar-refractivity contribution in [3.63, 3.8) is 0 Å². The van der Waals surface area contributed by atoms with Crippen LogP contribution in [0, 0.1) is 6.92 Å². The number of imidazole rings is 1. The Morgan fingerprint density at radius 3 is 3.15 bits per heavy atom. The Hall–Kier alpha value is -1.66. The molecule has 6 nitrogen and oxygen atoms in total. The van der Waals surface area contributed by atoms with Crippen molar-refractivity contribution in [2.24, 2.45) is 0 Å². The number of aromatic nitrogens is 4. The average molecular weight is 275 g/mol. The molecule has 3 N–H and O–H groups in total. The quantitative estimate of drug-likeness (QED) is 0.763. The van der Waals surface area contributed by atoms with E-state index >= 15 is 0 Å². The number of nitrogens with zero attached hydrogens (tertiary/aromatic N) is 3. The lowest BCUT2D eigenvalue weighted by molar-refractivity contribution is 0.266. The van der Waals surface area contributed by atoms with Gasteiger partial charge in [-0.3, -0.25) is 4.68 Å². The third kappa shape index (κ3) is 2.62. The number of hydrogen-bond donors (Lipinski definition) is 3. The first kappa shape index (κ1) is 13.3. The van der Waals surface area contributed by atoms with Crippen LogP contribution in [0.3, 0.4) is 0 Å². The van der Waals surface area contributed by atoms with Gasteiger partial charge >= 0.3 is 0 Å². The van der Waals surface area contributed by atoms with Gasteiger partial charge in [-0.05, 0) is 26.2 Å². The normalized spacial score (nSPS) is 18.2. The largest absolute Gasteiger partial charge is 0.394 e. The Kier molecular flexibility index (Phi) is 3.84. The molecule has 2 heterocycles. The average Bonchev–Trinajstić information content (AvgIpc) is 3.04. The van der Waals surface area contributed by atoms with Gasteiger partial charge in [-0.2, -0.15) is 5.10 Å². The van der Waals surface area contributed by atoms with Crippen molar-refractivity contribution in [1.29, 1.82) is 0 Å². The number of fused-ring (bicyclic) bond motifs is 1. The Labute approximate surface area is 118 Å². The van der Waals surface area contributed by atoms with Crippen molar-refractivity contribution in [3.8, 4) is 0 Å². The standard InChI is InChI=1S/C14H21N5O/c1-10-15-7-11(18-10)8-16-13-3-2-4-14-12(13)9-17-19(14)5-6-20/h7,9,13,16,20H,2-6,8H2,1H3,(H,15,18). The maximum absolute atomic E-state index is 9.07. The Bertz CT molecular complexity index is 574. The summed E-state index contributed by atoms with van der Waals surface area (Å²) in [5, 5.41) is 17.0. The van der Waals surface area contributed by atoms with Gasteiger partial charge in [0, 0.05) is 35.7 Å². The number of rotatable bonds is 5. The monoisotopic (exact) mass is 275 g/mol. The van der Waals surface area contributed by atoms with Crippen LogP contribution in [-0.2, 0) is 19.5 Å². The second-order valence-corrected chi connectivity index (χ2v) is 5.31. The molecule has 0 spiro atoms. The third-order valence-electron chi connectivity index (χ3n) is 3.87. The topological polar surface area (TPSA) is 78.8 Å². The van der Waals surface area contributed by atoms with Crippen molar-refractivity contribution in [2.75, 3.05) is 6.61 Å². The minimum Gasteiger partial charge on any atom is -0.394 e. The molecule has 20 heavy (non-hydrogen) atoms. The second-order valence-electron chi connectivity index (χ2n) is 5.31. The van der Waals surface area contributed by atoms with Crippen molar-refractivity contribution < 1.29 is 5.11 Å². The first-order chi connectivity index (χ1) is 9.78. The van der Waals surface area contributed by atoms with Gasteiger partial charge in [-0.15, -0.1) is 0 Å². The molecule has 0 aromatic carbocycles.